The standard InChI is InChI=1S/C14H16N2O3/c1-18-12-7-9-4-6-16-11(3-5-15-14(16)17)10(9)8-13(12)19-2/h3,7-8H,4-6H2,1-2H3,(H,15,17). The minimum absolute atomic E-state index is 0.0297. The Bertz CT molecular complexity index is 566. The molecule has 5 nitrogen and oxygen atoms in total. The highest BCUT2D eigenvalue weighted by Gasteiger charge is 2.29. The Labute approximate surface area is 111 Å². The predicted octanol–water partition coefficient (Wildman–Crippen LogP) is 1.63. The summed E-state index contributed by atoms with van der Waals surface area (Å²) in [6.07, 6.45) is 2.85. The van der Waals surface area contributed by atoms with Crippen molar-refractivity contribution in [2.75, 3.05) is 27.3 Å². The van der Waals surface area contributed by atoms with Crippen LogP contribution in [0.15, 0.2) is 18.2 Å². The molecule has 2 aliphatic heterocycles. The molecule has 1 aromatic carbocycles. The van der Waals surface area contributed by atoms with Crippen molar-refractivity contribution in [3.63, 3.8) is 0 Å². The molecule has 0 bridgehead atoms. The van der Waals surface area contributed by atoms with Gasteiger partial charge in [-0.3, -0.25) is 4.90 Å². The SMILES string of the molecule is COc1cc2c(cc1OC)C1=CCNC(=O)N1CC2. The Morgan fingerprint density at radius 1 is 1.21 bits per heavy atom. The molecule has 0 spiro atoms. The molecule has 0 saturated heterocycles. The van der Waals surface area contributed by atoms with E-state index in [4.69, 9.17) is 9.47 Å². The van der Waals surface area contributed by atoms with E-state index >= 15 is 0 Å². The Balaban J connectivity index is 2.12. The van der Waals surface area contributed by atoms with E-state index in [2.05, 4.69) is 5.32 Å². The molecule has 0 unspecified atom stereocenters. The van der Waals surface area contributed by atoms with Gasteiger partial charge in [0.25, 0.3) is 0 Å². The van der Waals surface area contributed by atoms with Gasteiger partial charge in [-0.15, -0.1) is 0 Å². The van der Waals surface area contributed by atoms with Crippen molar-refractivity contribution in [3.05, 3.63) is 29.3 Å². The molecular weight excluding hydrogens is 244 g/mol. The van der Waals surface area contributed by atoms with E-state index in [1.807, 2.05) is 18.2 Å². The fourth-order valence-corrected chi connectivity index (χ4v) is 2.63. The molecule has 3 rings (SSSR count). The molecule has 2 heterocycles. The molecule has 0 saturated carbocycles. The fourth-order valence-electron chi connectivity index (χ4n) is 2.63. The van der Waals surface area contributed by atoms with Crippen LogP contribution in [0.1, 0.15) is 11.1 Å². The number of benzene rings is 1. The van der Waals surface area contributed by atoms with Gasteiger partial charge in [0.05, 0.1) is 19.9 Å². The molecule has 0 atom stereocenters. The lowest BCUT2D eigenvalue weighted by Gasteiger charge is -2.34. The molecule has 19 heavy (non-hydrogen) atoms. The Morgan fingerprint density at radius 2 is 1.95 bits per heavy atom. The van der Waals surface area contributed by atoms with E-state index in [0.29, 0.717) is 18.8 Å². The topological polar surface area (TPSA) is 50.8 Å². The molecule has 1 aromatic rings. The summed E-state index contributed by atoms with van der Waals surface area (Å²) in [6.45, 7) is 1.26. The fraction of sp³-hybridized carbons (Fsp3) is 0.357. The molecule has 2 aliphatic rings. The monoisotopic (exact) mass is 260 g/mol. The highest BCUT2D eigenvalue weighted by Crippen LogP contribution is 2.38. The number of fused-ring (bicyclic) bond motifs is 3. The first-order chi connectivity index (χ1) is 9.24. The third-order valence-corrected chi connectivity index (χ3v) is 3.57. The van der Waals surface area contributed by atoms with Crippen LogP contribution in [-0.2, 0) is 6.42 Å². The second-order valence-corrected chi connectivity index (χ2v) is 4.54. The summed E-state index contributed by atoms with van der Waals surface area (Å²) >= 11 is 0. The Kier molecular flexibility index (Phi) is 2.81. The number of nitrogens with one attached hydrogen (secondary N) is 1. The van der Waals surface area contributed by atoms with Crippen LogP contribution in [0.4, 0.5) is 4.79 Å². The lowest BCUT2D eigenvalue weighted by molar-refractivity contribution is 0.216. The number of ether oxygens (including phenoxy) is 2. The summed E-state index contributed by atoms with van der Waals surface area (Å²) < 4.78 is 10.7. The van der Waals surface area contributed by atoms with Crippen LogP contribution in [-0.4, -0.2) is 38.2 Å². The van der Waals surface area contributed by atoms with Crippen LogP contribution in [0, 0.1) is 0 Å². The summed E-state index contributed by atoms with van der Waals surface area (Å²) in [4.78, 5) is 13.6. The van der Waals surface area contributed by atoms with E-state index in [-0.39, 0.29) is 6.03 Å². The largest absolute Gasteiger partial charge is 0.493 e. The van der Waals surface area contributed by atoms with Crippen LogP contribution in [0.5, 0.6) is 11.5 Å². The van der Waals surface area contributed by atoms with Gasteiger partial charge in [-0.05, 0) is 30.2 Å². The number of nitrogens with zero attached hydrogens (tertiary/aromatic N) is 1. The number of carbonyl (C=O) groups excluding carboxylic acids is 1. The third kappa shape index (κ3) is 1.82. The zero-order valence-electron chi connectivity index (χ0n) is 11.0. The van der Waals surface area contributed by atoms with Crippen LogP contribution in [0.25, 0.3) is 5.70 Å². The minimum atomic E-state index is -0.0297. The van der Waals surface area contributed by atoms with Gasteiger partial charge in [0.2, 0.25) is 0 Å². The summed E-state index contributed by atoms with van der Waals surface area (Å²) in [6, 6.07) is 3.92. The summed E-state index contributed by atoms with van der Waals surface area (Å²) in [5.41, 5.74) is 3.21. The Morgan fingerprint density at radius 3 is 2.68 bits per heavy atom. The van der Waals surface area contributed by atoms with Gasteiger partial charge in [0, 0.05) is 18.7 Å². The summed E-state index contributed by atoms with van der Waals surface area (Å²) in [7, 11) is 3.25. The van der Waals surface area contributed by atoms with Crippen molar-refractivity contribution in [3.8, 4) is 11.5 Å². The zero-order valence-corrected chi connectivity index (χ0v) is 11.0. The average Bonchev–Trinajstić information content (AvgIpc) is 2.45. The van der Waals surface area contributed by atoms with Crippen LogP contribution < -0.4 is 14.8 Å². The first-order valence-corrected chi connectivity index (χ1v) is 6.25. The number of urea groups is 1. The number of amides is 2. The molecule has 100 valence electrons. The third-order valence-electron chi connectivity index (χ3n) is 3.57. The van der Waals surface area contributed by atoms with Crippen molar-refractivity contribution >= 4 is 11.7 Å². The van der Waals surface area contributed by atoms with E-state index in [1.54, 1.807) is 19.1 Å². The van der Waals surface area contributed by atoms with Crippen molar-refractivity contribution in [1.29, 1.82) is 0 Å². The van der Waals surface area contributed by atoms with Crippen molar-refractivity contribution < 1.29 is 14.3 Å². The molecular formula is C14H16N2O3. The number of rotatable bonds is 2. The maximum atomic E-state index is 11.8. The van der Waals surface area contributed by atoms with Gasteiger partial charge in [-0.25, -0.2) is 4.79 Å². The minimum Gasteiger partial charge on any atom is -0.493 e. The van der Waals surface area contributed by atoms with Gasteiger partial charge in [0.1, 0.15) is 0 Å². The molecule has 0 radical (unpaired) electrons. The smallest absolute Gasteiger partial charge is 0.322 e. The molecule has 0 fully saturated rings. The van der Waals surface area contributed by atoms with Crippen molar-refractivity contribution in [1.82, 2.24) is 10.2 Å². The first kappa shape index (κ1) is 11.9. The maximum Gasteiger partial charge on any atom is 0.322 e. The van der Waals surface area contributed by atoms with E-state index in [0.717, 1.165) is 23.4 Å². The van der Waals surface area contributed by atoms with Crippen LogP contribution in [0.3, 0.4) is 0 Å². The average molecular weight is 260 g/mol. The molecule has 5 heteroatoms. The summed E-state index contributed by atoms with van der Waals surface area (Å²) in [5.74, 6) is 1.42. The predicted molar refractivity (Wildman–Crippen MR) is 71.3 cm³/mol. The molecule has 1 N–H and O–H groups in total. The highest BCUT2D eigenvalue weighted by molar-refractivity contribution is 5.90. The van der Waals surface area contributed by atoms with Crippen molar-refractivity contribution in [2.24, 2.45) is 0 Å². The van der Waals surface area contributed by atoms with E-state index in [9.17, 15) is 4.79 Å². The molecule has 0 aromatic heterocycles. The maximum absolute atomic E-state index is 11.8. The van der Waals surface area contributed by atoms with Gasteiger partial charge in [-0.1, -0.05) is 0 Å². The summed E-state index contributed by atoms with van der Waals surface area (Å²) in [5, 5.41) is 2.82. The van der Waals surface area contributed by atoms with E-state index < -0.39 is 0 Å². The molecule has 2 amide bonds. The number of carbonyl (C=O) groups is 1. The second kappa shape index (κ2) is 4.50. The van der Waals surface area contributed by atoms with E-state index in [1.165, 1.54) is 5.56 Å². The zero-order chi connectivity index (χ0) is 13.4. The highest BCUT2D eigenvalue weighted by atomic mass is 16.5. The molecule has 0 aliphatic carbocycles. The van der Waals surface area contributed by atoms with Gasteiger partial charge < -0.3 is 14.8 Å². The lowest BCUT2D eigenvalue weighted by Crippen LogP contribution is -2.45. The second-order valence-electron chi connectivity index (χ2n) is 4.54. The van der Waals surface area contributed by atoms with Crippen LogP contribution in [0.2, 0.25) is 0 Å². The van der Waals surface area contributed by atoms with Gasteiger partial charge in [-0.2, -0.15) is 0 Å². The van der Waals surface area contributed by atoms with Gasteiger partial charge in [0.15, 0.2) is 11.5 Å². The van der Waals surface area contributed by atoms with Crippen molar-refractivity contribution in [2.45, 2.75) is 6.42 Å². The first-order valence-electron chi connectivity index (χ1n) is 6.25. The number of hydrogen-bond donors (Lipinski definition) is 1. The number of methoxy groups -OCH3 is 2. The normalized spacial score (nSPS) is 17.1. The number of hydrogen-bond acceptors (Lipinski definition) is 3. The van der Waals surface area contributed by atoms with Gasteiger partial charge >= 0.3 is 6.03 Å². The lowest BCUT2D eigenvalue weighted by atomic mass is 9.95. The quantitative estimate of drug-likeness (QED) is 0.879. The Hall–Kier alpha value is -2.17. The van der Waals surface area contributed by atoms with Crippen LogP contribution >= 0.6 is 0 Å².